The molecule has 1 fully saturated rings. The van der Waals surface area contributed by atoms with E-state index in [4.69, 9.17) is 14.2 Å². The number of hydrogen-bond acceptors (Lipinski definition) is 9. The lowest BCUT2D eigenvalue weighted by Crippen LogP contribution is -2.54. The number of nitrogens with one attached hydrogen (secondary N) is 2. The first-order valence-corrected chi connectivity index (χ1v) is 18.9. The third kappa shape index (κ3) is 11.8. The normalized spacial score (nSPS) is 20.9. The molecule has 1 aliphatic heterocycles. The molecule has 3 amide bonds. The lowest BCUT2D eigenvalue weighted by molar-refractivity contribution is -0.149. The highest BCUT2D eigenvalue weighted by Crippen LogP contribution is 2.31. The summed E-state index contributed by atoms with van der Waals surface area (Å²) in [5, 5.41) is 16.6. The predicted octanol–water partition coefficient (Wildman–Crippen LogP) is 3.86. The molecule has 12 nitrogen and oxygen atoms in total. The molecule has 1 saturated heterocycles. The number of ether oxygens (including phenoxy) is 3. The third-order valence-electron chi connectivity index (χ3n) is 11.1. The van der Waals surface area contributed by atoms with E-state index in [9.17, 15) is 24.3 Å². The van der Waals surface area contributed by atoms with Crippen LogP contribution in [0.3, 0.4) is 0 Å². The molecule has 12 heteroatoms. The number of ketones is 1. The molecular formula is C40H68N4O8. The standard InChI is InChI=1S/C40H68N4O8/c1-13-26(6)37(43(9)40(49)30(24(2)3)20-32(45)36(41-8)25(4)5)34(51-11)21-35(47)44-23-29(50-10)19-31(44)38(52-12)27(7)39(48)42-22-33(46)28-17-15-14-16-18-28/h14-18,24-27,29-31,33-34,36-38,41,46H,13,19-23H2,1-12H3,(H,42,48)/t26-,27+,29+,30-,31-,33?,34+,36-,37-,38+/m0/s1. The number of carbonyl (C=O) groups excluding carboxylic acids is 4. The Morgan fingerprint density at radius 1 is 0.962 bits per heavy atom. The summed E-state index contributed by atoms with van der Waals surface area (Å²) in [6, 6.07) is 7.88. The molecule has 1 aromatic rings. The number of hydrogen-bond donors (Lipinski definition) is 3. The largest absolute Gasteiger partial charge is 0.387 e. The molecular weight excluding hydrogens is 664 g/mol. The molecule has 0 bridgehead atoms. The predicted molar refractivity (Wildman–Crippen MR) is 202 cm³/mol. The zero-order valence-corrected chi connectivity index (χ0v) is 33.8. The topological polar surface area (TPSA) is 147 Å². The summed E-state index contributed by atoms with van der Waals surface area (Å²) in [7, 11) is 8.21. The Morgan fingerprint density at radius 2 is 1.60 bits per heavy atom. The number of rotatable bonds is 22. The van der Waals surface area contributed by atoms with Crippen molar-refractivity contribution >= 4 is 23.5 Å². The molecule has 3 N–H and O–H groups in total. The molecule has 1 aliphatic rings. The van der Waals surface area contributed by atoms with Crippen LogP contribution in [0.2, 0.25) is 0 Å². The van der Waals surface area contributed by atoms with Gasteiger partial charge in [-0.05, 0) is 36.8 Å². The van der Waals surface area contributed by atoms with Crippen LogP contribution in [0, 0.1) is 29.6 Å². The van der Waals surface area contributed by atoms with Crippen molar-refractivity contribution in [3.05, 3.63) is 35.9 Å². The maximum Gasteiger partial charge on any atom is 0.226 e. The molecule has 1 aromatic carbocycles. The Bertz CT molecular complexity index is 1260. The minimum atomic E-state index is -0.864. The van der Waals surface area contributed by atoms with Crippen LogP contribution in [0.4, 0.5) is 0 Å². The fourth-order valence-corrected chi connectivity index (χ4v) is 7.69. The molecule has 0 saturated carbocycles. The van der Waals surface area contributed by atoms with E-state index in [1.54, 1.807) is 57.2 Å². The van der Waals surface area contributed by atoms with Crippen LogP contribution < -0.4 is 10.6 Å². The van der Waals surface area contributed by atoms with E-state index in [1.807, 2.05) is 59.7 Å². The molecule has 2 rings (SSSR count). The van der Waals surface area contributed by atoms with Crippen molar-refractivity contribution < 1.29 is 38.5 Å². The van der Waals surface area contributed by atoms with Crippen LogP contribution in [0.15, 0.2) is 30.3 Å². The number of Topliss-reactive ketones (excluding diaryl/α,β-unsaturated/α-hetero) is 1. The first-order valence-electron chi connectivity index (χ1n) is 18.9. The van der Waals surface area contributed by atoms with Gasteiger partial charge in [-0.2, -0.15) is 0 Å². The molecule has 0 aromatic heterocycles. The number of methoxy groups -OCH3 is 3. The second kappa shape index (κ2) is 21.7. The number of likely N-dealkylation sites (tertiary alicyclic amines) is 1. The first kappa shape index (κ1) is 45.3. The molecule has 0 spiro atoms. The quantitative estimate of drug-likeness (QED) is 0.162. The van der Waals surface area contributed by atoms with Crippen molar-refractivity contribution in [3.63, 3.8) is 0 Å². The van der Waals surface area contributed by atoms with Crippen LogP contribution in [-0.4, -0.2) is 123 Å². The average molecular weight is 733 g/mol. The lowest BCUT2D eigenvalue weighted by atomic mass is 9.84. The van der Waals surface area contributed by atoms with Crippen LogP contribution in [0.5, 0.6) is 0 Å². The molecule has 52 heavy (non-hydrogen) atoms. The summed E-state index contributed by atoms with van der Waals surface area (Å²) < 4.78 is 17.7. The van der Waals surface area contributed by atoms with Crippen LogP contribution in [0.1, 0.15) is 85.8 Å². The Kier molecular flexibility index (Phi) is 18.9. The Labute approximate surface area is 312 Å². The summed E-state index contributed by atoms with van der Waals surface area (Å²) >= 11 is 0. The number of nitrogens with zero attached hydrogens (tertiary/aromatic N) is 2. The van der Waals surface area contributed by atoms with E-state index >= 15 is 0 Å². The van der Waals surface area contributed by atoms with E-state index < -0.39 is 42.2 Å². The van der Waals surface area contributed by atoms with E-state index in [-0.39, 0.29) is 72.8 Å². The van der Waals surface area contributed by atoms with Gasteiger partial charge >= 0.3 is 0 Å². The van der Waals surface area contributed by atoms with Gasteiger partial charge in [0.15, 0.2) is 5.78 Å². The zero-order chi connectivity index (χ0) is 39.3. The fraction of sp³-hybridized carbons (Fsp3) is 0.750. The number of aliphatic hydroxyl groups is 1. The highest BCUT2D eigenvalue weighted by Gasteiger charge is 2.45. The van der Waals surface area contributed by atoms with Crippen LogP contribution in [-0.2, 0) is 33.4 Å². The van der Waals surface area contributed by atoms with Gasteiger partial charge in [-0.25, -0.2) is 0 Å². The van der Waals surface area contributed by atoms with Gasteiger partial charge in [0.2, 0.25) is 17.7 Å². The Hall–Kier alpha value is -2.90. The van der Waals surface area contributed by atoms with Crippen molar-refractivity contribution in [2.24, 2.45) is 29.6 Å². The van der Waals surface area contributed by atoms with Gasteiger partial charge in [0.05, 0.1) is 54.9 Å². The molecule has 296 valence electrons. The molecule has 1 heterocycles. The van der Waals surface area contributed by atoms with E-state index in [0.29, 0.717) is 18.5 Å². The van der Waals surface area contributed by atoms with Crippen molar-refractivity contribution in [1.82, 2.24) is 20.4 Å². The summed E-state index contributed by atoms with van der Waals surface area (Å²) in [5.41, 5.74) is 0.701. The van der Waals surface area contributed by atoms with E-state index in [1.165, 1.54) is 7.11 Å². The van der Waals surface area contributed by atoms with Gasteiger partial charge in [0.25, 0.3) is 0 Å². The number of benzene rings is 1. The van der Waals surface area contributed by atoms with E-state index in [2.05, 4.69) is 10.6 Å². The minimum absolute atomic E-state index is 0.00318. The fourth-order valence-electron chi connectivity index (χ4n) is 7.69. The van der Waals surface area contributed by atoms with Gasteiger partial charge < -0.3 is 39.8 Å². The highest BCUT2D eigenvalue weighted by molar-refractivity contribution is 5.90. The van der Waals surface area contributed by atoms with E-state index in [0.717, 1.165) is 6.42 Å². The summed E-state index contributed by atoms with van der Waals surface area (Å²) in [5.74, 6) is -1.80. The molecule has 1 unspecified atom stereocenters. The number of carbonyl (C=O) groups is 4. The van der Waals surface area contributed by atoms with Gasteiger partial charge in [-0.1, -0.05) is 85.2 Å². The number of amides is 3. The SMILES string of the molecule is CC[C@H](C)[C@@H]([C@@H](CC(=O)N1C[C@H](OC)C[C@H]1[C@H](OC)[C@@H](C)C(=O)NCC(O)c1ccccc1)OC)N(C)C(=O)[C@@H](CC(=O)[C@@H](NC)C(C)C)C(C)C. The Morgan fingerprint density at radius 3 is 2.10 bits per heavy atom. The summed E-state index contributed by atoms with van der Waals surface area (Å²) in [6.45, 7) is 14.1. The van der Waals surface area contributed by atoms with Gasteiger partial charge in [0, 0.05) is 53.8 Å². The second-order valence-electron chi connectivity index (χ2n) is 15.2. The van der Waals surface area contributed by atoms with Crippen LogP contribution in [0.25, 0.3) is 0 Å². The maximum atomic E-state index is 14.3. The smallest absolute Gasteiger partial charge is 0.226 e. The highest BCUT2D eigenvalue weighted by atomic mass is 16.5. The monoisotopic (exact) mass is 733 g/mol. The summed E-state index contributed by atoms with van der Waals surface area (Å²) in [6.07, 6.45) is -1.06. The minimum Gasteiger partial charge on any atom is -0.387 e. The van der Waals surface area contributed by atoms with Crippen molar-refractivity contribution in [1.29, 1.82) is 0 Å². The number of likely N-dealkylation sites (N-methyl/N-ethyl adjacent to an activating group) is 2. The van der Waals surface area contributed by atoms with Crippen molar-refractivity contribution in [3.8, 4) is 0 Å². The second-order valence-corrected chi connectivity index (χ2v) is 15.2. The van der Waals surface area contributed by atoms with Crippen molar-refractivity contribution in [2.45, 2.75) is 117 Å². The van der Waals surface area contributed by atoms with Crippen molar-refractivity contribution in [2.75, 3.05) is 48.5 Å². The van der Waals surface area contributed by atoms with Gasteiger partial charge in [-0.15, -0.1) is 0 Å². The zero-order valence-electron chi connectivity index (χ0n) is 33.8. The molecule has 0 radical (unpaired) electrons. The molecule has 10 atom stereocenters. The lowest BCUT2D eigenvalue weighted by Gasteiger charge is -2.40. The summed E-state index contributed by atoms with van der Waals surface area (Å²) in [4.78, 5) is 58.6. The van der Waals surface area contributed by atoms with Crippen LogP contribution >= 0.6 is 0 Å². The molecule has 0 aliphatic carbocycles. The first-order chi connectivity index (χ1) is 24.6. The van der Waals surface area contributed by atoms with Gasteiger partial charge in [0.1, 0.15) is 0 Å². The van der Waals surface area contributed by atoms with Gasteiger partial charge in [-0.3, -0.25) is 19.2 Å². The Balaban J connectivity index is 2.29. The maximum absolute atomic E-state index is 14.3. The number of aliphatic hydroxyl groups excluding tert-OH is 1. The average Bonchev–Trinajstić information content (AvgIpc) is 3.56. The third-order valence-corrected chi connectivity index (χ3v) is 11.1.